The molecule has 29 heavy (non-hydrogen) atoms. The highest BCUT2D eigenvalue weighted by Crippen LogP contribution is 2.28. The van der Waals surface area contributed by atoms with E-state index in [1.165, 1.54) is 11.6 Å². The van der Waals surface area contributed by atoms with Crippen LogP contribution in [0.25, 0.3) is 22.6 Å². The molecule has 1 aromatic carbocycles. The lowest BCUT2D eigenvalue weighted by molar-refractivity contribution is 0.289. The Morgan fingerprint density at radius 3 is 2.55 bits per heavy atom. The molecule has 0 saturated carbocycles. The van der Waals surface area contributed by atoms with Crippen LogP contribution in [0.4, 0.5) is 0 Å². The molecule has 0 fully saturated rings. The second kappa shape index (κ2) is 6.95. The maximum absolute atomic E-state index is 12.8. The van der Waals surface area contributed by atoms with Gasteiger partial charge in [0, 0.05) is 26.0 Å². The number of imidazole rings is 2. The van der Waals surface area contributed by atoms with Crippen molar-refractivity contribution in [3.05, 3.63) is 57.0 Å². The van der Waals surface area contributed by atoms with Crippen LogP contribution in [0.15, 0.2) is 40.1 Å². The van der Waals surface area contributed by atoms with Crippen molar-refractivity contribution in [1.29, 1.82) is 0 Å². The lowest BCUT2D eigenvalue weighted by atomic mass is 10.1. The van der Waals surface area contributed by atoms with E-state index in [0.29, 0.717) is 29.5 Å². The van der Waals surface area contributed by atoms with Gasteiger partial charge in [-0.05, 0) is 31.4 Å². The van der Waals surface area contributed by atoms with Crippen molar-refractivity contribution in [1.82, 2.24) is 23.1 Å². The topological polar surface area (TPSA) is 75.5 Å². The van der Waals surface area contributed by atoms with E-state index < -0.39 is 5.69 Å². The van der Waals surface area contributed by atoms with Crippen molar-refractivity contribution in [2.24, 2.45) is 20.0 Å². The first-order valence-corrected chi connectivity index (χ1v) is 9.69. The number of para-hydroxylation sites is 2. The summed E-state index contributed by atoms with van der Waals surface area (Å²) in [6.45, 7) is 6.90. The molecule has 0 unspecified atom stereocenters. The van der Waals surface area contributed by atoms with E-state index in [4.69, 9.17) is 4.74 Å². The molecular formula is C21H25N5O3. The van der Waals surface area contributed by atoms with Gasteiger partial charge in [0.2, 0.25) is 5.78 Å². The summed E-state index contributed by atoms with van der Waals surface area (Å²) >= 11 is 0. The quantitative estimate of drug-likeness (QED) is 0.520. The van der Waals surface area contributed by atoms with E-state index in [2.05, 4.69) is 18.8 Å². The molecule has 0 atom stereocenters. The third-order valence-electron chi connectivity index (χ3n) is 5.20. The summed E-state index contributed by atoms with van der Waals surface area (Å²) in [6, 6.07) is 7.78. The van der Waals surface area contributed by atoms with E-state index in [9.17, 15) is 9.59 Å². The Bertz CT molecular complexity index is 1340. The minimum atomic E-state index is -0.399. The molecule has 0 aliphatic rings. The predicted octanol–water partition coefficient (Wildman–Crippen LogP) is 2.41. The van der Waals surface area contributed by atoms with Crippen molar-refractivity contribution in [2.75, 3.05) is 6.61 Å². The second-order valence-electron chi connectivity index (χ2n) is 7.76. The monoisotopic (exact) mass is 395 g/mol. The summed E-state index contributed by atoms with van der Waals surface area (Å²) < 4.78 is 12.3. The number of hydrogen-bond acceptors (Lipinski definition) is 4. The molecule has 0 amide bonds. The van der Waals surface area contributed by atoms with E-state index in [0.717, 1.165) is 28.1 Å². The van der Waals surface area contributed by atoms with Crippen LogP contribution >= 0.6 is 0 Å². The van der Waals surface area contributed by atoms with Crippen molar-refractivity contribution >= 4 is 16.9 Å². The molecular weight excluding hydrogens is 370 g/mol. The summed E-state index contributed by atoms with van der Waals surface area (Å²) in [5.41, 5.74) is 1.73. The van der Waals surface area contributed by atoms with Crippen molar-refractivity contribution in [2.45, 2.75) is 27.2 Å². The van der Waals surface area contributed by atoms with Gasteiger partial charge in [-0.25, -0.2) is 4.79 Å². The van der Waals surface area contributed by atoms with Gasteiger partial charge < -0.3 is 4.74 Å². The summed E-state index contributed by atoms with van der Waals surface area (Å²) in [4.78, 5) is 29.7. The van der Waals surface area contributed by atoms with Crippen molar-refractivity contribution in [3.63, 3.8) is 0 Å². The van der Waals surface area contributed by atoms with Gasteiger partial charge in [-0.1, -0.05) is 26.0 Å². The molecule has 0 saturated heterocycles. The van der Waals surface area contributed by atoms with Gasteiger partial charge in [0.25, 0.3) is 5.56 Å². The van der Waals surface area contributed by atoms with Gasteiger partial charge in [0.1, 0.15) is 5.75 Å². The van der Waals surface area contributed by atoms with Crippen molar-refractivity contribution in [3.8, 4) is 11.4 Å². The van der Waals surface area contributed by atoms with Gasteiger partial charge in [-0.3, -0.25) is 22.9 Å². The van der Waals surface area contributed by atoms with Crippen LogP contribution in [-0.4, -0.2) is 29.7 Å². The van der Waals surface area contributed by atoms with Gasteiger partial charge in [0.15, 0.2) is 11.2 Å². The van der Waals surface area contributed by atoms with E-state index in [1.54, 1.807) is 11.4 Å². The summed E-state index contributed by atoms with van der Waals surface area (Å²) in [5, 5.41) is 0. The normalized spacial score (nSPS) is 11.8. The summed E-state index contributed by atoms with van der Waals surface area (Å²) in [5.74, 6) is 1.87. The summed E-state index contributed by atoms with van der Waals surface area (Å²) in [7, 11) is 3.10. The van der Waals surface area contributed by atoms with Crippen LogP contribution in [0.5, 0.6) is 5.75 Å². The molecule has 0 aliphatic heterocycles. The van der Waals surface area contributed by atoms with E-state index in [-0.39, 0.29) is 5.56 Å². The van der Waals surface area contributed by atoms with Crippen molar-refractivity contribution < 1.29 is 4.74 Å². The van der Waals surface area contributed by atoms with Gasteiger partial charge in [-0.2, -0.15) is 4.98 Å². The first-order chi connectivity index (χ1) is 13.8. The van der Waals surface area contributed by atoms with Crippen LogP contribution in [-0.2, 0) is 14.1 Å². The molecule has 4 aromatic rings. The fraction of sp³-hybridized carbons (Fsp3) is 0.381. The minimum Gasteiger partial charge on any atom is -0.491 e. The number of fused-ring (bicyclic) bond motifs is 3. The standard InChI is InChI=1S/C21H25N5O3/c1-13(2)10-11-29-16-9-7-6-8-15(16)26-14(3)12-25-17-18(22-20(25)26)23(4)21(28)24(5)19(17)27/h6-9,12-13H,10-11H2,1-5H3. The van der Waals surface area contributed by atoms with Gasteiger partial charge in [-0.15, -0.1) is 0 Å². The lowest BCUT2D eigenvalue weighted by Gasteiger charge is -2.14. The molecule has 0 bridgehead atoms. The maximum Gasteiger partial charge on any atom is 0.332 e. The van der Waals surface area contributed by atoms with Crippen LogP contribution in [0.1, 0.15) is 26.0 Å². The van der Waals surface area contributed by atoms with Crippen LogP contribution < -0.4 is 16.0 Å². The Kier molecular flexibility index (Phi) is 4.56. The number of aromatic nitrogens is 5. The maximum atomic E-state index is 12.8. The molecule has 0 aliphatic carbocycles. The number of benzene rings is 1. The largest absolute Gasteiger partial charge is 0.491 e. The molecule has 0 spiro atoms. The fourth-order valence-electron chi connectivity index (χ4n) is 3.55. The third kappa shape index (κ3) is 2.95. The van der Waals surface area contributed by atoms with Crippen LogP contribution in [0.2, 0.25) is 0 Å². The number of nitrogens with zero attached hydrogens (tertiary/aromatic N) is 5. The number of aryl methyl sites for hydroxylation is 2. The SMILES string of the molecule is Cc1cn2c3c(=O)n(C)c(=O)n(C)c3nc2n1-c1ccccc1OCCC(C)C. The zero-order valence-electron chi connectivity index (χ0n) is 17.3. The summed E-state index contributed by atoms with van der Waals surface area (Å²) in [6.07, 6.45) is 2.82. The number of rotatable bonds is 5. The minimum absolute atomic E-state index is 0.361. The Hall–Kier alpha value is -3.29. The van der Waals surface area contributed by atoms with Gasteiger partial charge >= 0.3 is 5.69 Å². The molecule has 8 heteroatoms. The Morgan fingerprint density at radius 1 is 1.10 bits per heavy atom. The highest BCUT2D eigenvalue weighted by Gasteiger charge is 2.21. The molecule has 3 heterocycles. The van der Waals surface area contributed by atoms with Gasteiger partial charge in [0.05, 0.1) is 12.3 Å². The molecule has 0 N–H and O–H groups in total. The Balaban J connectivity index is 1.96. The molecule has 0 radical (unpaired) electrons. The zero-order valence-corrected chi connectivity index (χ0v) is 17.3. The number of hydrogen-bond donors (Lipinski definition) is 0. The average molecular weight is 395 g/mol. The molecule has 8 nitrogen and oxygen atoms in total. The number of ether oxygens (including phenoxy) is 1. The molecule has 152 valence electrons. The van der Waals surface area contributed by atoms with E-state index in [1.807, 2.05) is 42.0 Å². The fourth-order valence-corrected chi connectivity index (χ4v) is 3.55. The Morgan fingerprint density at radius 2 is 1.83 bits per heavy atom. The smallest absolute Gasteiger partial charge is 0.332 e. The third-order valence-corrected chi connectivity index (χ3v) is 5.20. The highest BCUT2D eigenvalue weighted by molar-refractivity contribution is 5.76. The first-order valence-electron chi connectivity index (χ1n) is 9.69. The average Bonchev–Trinajstić information content (AvgIpc) is 3.19. The van der Waals surface area contributed by atoms with Crippen LogP contribution in [0.3, 0.4) is 0 Å². The zero-order chi connectivity index (χ0) is 20.9. The van der Waals surface area contributed by atoms with Crippen LogP contribution in [0, 0.1) is 12.8 Å². The highest BCUT2D eigenvalue weighted by atomic mass is 16.5. The lowest BCUT2D eigenvalue weighted by Crippen LogP contribution is -2.37. The Labute approximate surface area is 167 Å². The first kappa shape index (κ1) is 19.0. The molecule has 3 aromatic heterocycles. The second-order valence-corrected chi connectivity index (χ2v) is 7.76. The predicted molar refractivity (Wildman–Crippen MR) is 112 cm³/mol. The van der Waals surface area contributed by atoms with E-state index >= 15 is 0 Å². The molecule has 4 rings (SSSR count).